The van der Waals surface area contributed by atoms with E-state index in [1.807, 2.05) is 12.1 Å². The van der Waals surface area contributed by atoms with Gasteiger partial charge in [0.05, 0.1) is 24.4 Å². The molecule has 3 N–H and O–H groups in total. The van der Waals surface area contributed by atoms with Crippen LogP contribution in [0.3, 0.4) is 0 Å². The first-order valence-corrected chi connectivity index (χ1v) is 14.9. The van der Waals surface area contributed by atoms with Crippen molar-refractivity contribution in [3.8, 4) is 28.7 Å². The van der Waals surface area contributed by atoms with Crippen molar-refractivity contribution < 1.29 is 39.1 Å². The van der Waals surface area contributed by atoms with Gasteiger partial charge in [-0.25, -0.2) is 0 Å². The van der Waals surface area contributed by atoms with Gasteiger partial charge in [-0.1, -0.05) is 12.5 Å². The van der Waals surface area contributed by atoms with Gasteiger partial charge in [-0.15, -0.1) is 0 Å². The minimum atomic E-state index is -0.439. The van der Waals surface area contributed by atoms with E-state index < -0.39 is 6.10 Å². The van der Waals surface area contributed by atoms with E-state index in [2.05, 4.69) is 0 Å². The Bertz CT molecular complexity index is 1150. The molecule has 2 aromatic rings. The van der Waals surface area contributed by atoms with Crippen molar-refractivity contribution in [1.82, 2.24) is 0 Å². The van der Waals surface area contributed by atoms with Gasteiger partial charge in [-0.3, -0.25) is 4.79 Å². The average Bonchev–Trinajstić information content (AvgIpc) is 3.45. The summed E-state index contributed by atoms with van der Waals surface area (Å²) in [5.74, 6) is 0.0745. The summed E-state index contributed by atoms with van der Waals surface area (Å²) in [6, 6.07) is 8.74. The van der Waals surface area contributed by atoms with E-state index in [9.17, 15) is 20.1 Å². The zero-order valence-electron chi connectivity index (χ0n) is 23.3. The van der Waals surface area contributed by atoms with E-state index in [0.29, 0.717) is 37.0 Å². The maximum Gasteiger partial charge on any atom is 0.302 e. The highest BCUT2D eigenvalue weighted by Gasteiger charge is 2.33. The summed E-state index contributed by atoms with van der Waals surface area (Å²) in [5.41, 5.74) is 1.71. The largest absolute Gasteiger partial charge is 0.504 e. The van der Waals surface area contributed by atoms with E-state index in [1.54, 1.807) is 12.1 Å². The third kappa shape index (κ3) is 7.33. The molecule has 1 saturated heterocycles. The van der Waals surface area contributed by atoms with Crippen molar-refractivity contribution in [2.75, 3.05) is 0 Å². The lowest BCUT2D eigenvalue weighted by Crippen LogP contribution is -2.34. The first kappa shape index (κ1) is 28.4. The molecule has 2 aromatic carbocycles. The van der Waals surface area contributed by atoms with Gasteiger partial charge >= 0.3 is 5.97 Å². The van der Waals surface area contributed by atoms with Gasteiger partial charge in [0.25, 0.3) is 0 Å². The predicted octanol–water partition coefficient (Wildman–Crippen LogP) is 6.62. The lowest BCUT2D eigenvalue weighted by Gasteiger charge is -2.35. The number of phenolic OH excluding ortho intramolecular Hbond substituents is 3. The van der Waals surface area contributed by atoms with Gasteiger partial charge < -0.3 is 34.3 Å². The second kappa shape index (κ2) is 13.0. The summed E-state index contributed by atoms with van der Waals surface area (Å²) in [5, 5.41) is 31.3. The molecule has 8 nitrogen and oxygen atoms in total. The number of carbonyl (C=O) groups excluding carboxylic acids is 1. The molecule has 1 aliphatic heterocycles. The van der Waals surface area contributed by atoms with Crippen molar-refractivity contribution in [2.45, 2.75) is 121 Å². The van der Waals surface area contributed by atoms with Gasteiger partial charge in [-0.05, 0) is 99.6 Å². The van der Waals surface area contributed by atoms with Gasteiger partial charge in [-0.2, -0.15) is 0 Å². The highest BCUT2D eigenvalue weighted by Crippen LogP contribution is 2.43. The van der Waals surface area contributed by atoms with Crippen LogP contribution in [0.4, 0.5) is 0 Å². The number of aromatic hydroxyl groups is 3. The minimum Gasteiger partial charge on any atom is -0.504 e. The van der Waals surface area contributed by atoms with E-state index in [-0.39, 0.29) is 53.4 Å². The van der Waals surface area contributed by atoms with Gasteiger partial charge in [0.2, 0.25) is 5.75 Å². The Morgan fingerprint density at radius 2 is 1.50 bits per heavy atom. The Labute approximate surface area is 236 Å². The SMILES string of the molecule is CC(=O)O[C@H]1C[C@H](CCc2ccc(O)c(OC3CCCCC3)c2)O[C@H](c2cc(O)c(O)c(OC3CCCC3)c2)C1. The second-order valence-electron chi connectivity index (χ2n) is 11.6. The summed E-state index contributed by atoms with van der Waals surface area (Å²) in [6.45, 7) is 1.41. The number of benzene rings is 2. The van der Waals surface area contributed by atoms with E-state index in [4.69, 9.17) is 18.9 Å². The van der Waals surface area contributed by atoms with Crippen LogP contribution in [0.15, 0.2) is 30.3 Å². The predicted molar refractivity (Wildman–Crippen MR) is 149 cm³/mol. The van der Waals surface area contributed by atoms with Crippen LogP contribution in [0.25, 0.3) is 0 Å². The Morgan fingerprint density at radius 1 is 0.825 bits per heavy atom. The lowest BCUT2D eigenvalue weighted by molar-refractivity contribution is -0.160. The number of hydrogen-bond acceptors (Lipinski definition) is 8. The molecule has 0 spiro atoms. The van der Waals surface area contributed by atoms with Crippen LogP contribution in [-0.2, 0) is 20.7 Å². The molecule has 3 aliphatic rings. The molecule has 5 rings (SSSR count). The van der Waals surface area contributed by atoms with E-state index >= 15 is 0 Å². The second-order valence-corrected chi connectivity index (χ2v) is 11.6. The molecular weight excluding hydrogens is 512 g/mol. The zero-order valence-corrected chi connectivity index (χ0v) is 23.3. The van der Waals surface area contributed by atoms with Crippen molar-refractivity contribution in [3.63, 3.8) is 0 Å². The van der Waals surface area contributed by atoms with Crippen LogP contribution in [0.2, 0.25) is 0 Å². The zero-order chi connectivity index (χ0) is 28.1. The van der Waals surface area contributed by atoms with Crippen molar-refractivity contribution in [1.29, 1.82) is 0 Å². The molecule has 0 unspecified atom stereocenters. The average molecular weight is 555 g/mol. The third-order valence-electron chi connectivity index (χ3n) is 8.36. The summed E-state index contributed by atoms with van der Waals surface area (Å²) in [7, 11) is 0. The smallest absolute Gasteiger partial charge is 0.302 e. The third-order valence-corrected chi connectivity index (χ3v) is 8.36. The fraction of sp³-hybridized carbons (Fsp3) is 0.594. The normalized spacial score (nSPS) is 24.1. The Hall–Kier alpha value is -3.13. The quantitative estimate of drug-likeness (QED) is 0.234. The molecule has 0 amide bonds. The Balaban J connectivity index is 1.28. The Morgan fingerprint density at radius 3 is 2.20 bits per heavy atom. The van der Waals surface area contributed by atoms with Crippen LogP contribution in [0.5, 0.6) is 28.7 Å². The molecule has 40 heavy (non-hydrogen) atoms. The fourth-order valence-corrected chi connectivity index (χ4v) is 6.28. The number of esters is 1. The Kier molecular flexibility index (Phi) is 9.25. The van der Waals surface area contributed by atoms with Crippen molar-refractivity contribution in [3.05, 3.63) is 41.5 Å². The van der Waals surface area contributed by atoms with Crippen LogP contribution in [-0.4, -0.2) is 45.7 Å². The standard InChI is InChI=1S/C32H42O8/c1-20(33)37-26-18-25(13-11-21-12-14-27(34)30(15-21)38-23-7-3-2-4-8-23)40-29(19-26)22-16-28(35)32(36)31(17-22)39-24-9-5-6-10-24/h12,14-17,23-26,29,34-36H,2-11,13,18-19H2,1H3/t25-,26-,29-/m0/s1. The topological polar surface area (TPSA) is 115 Å². The fourth-order valence-electron chi connectivity index (χ4n) is 6.28. The molecule has 3 atom stereocenters. The highest BCUT2D eigenvalue weighted by atomic mass is 16.6. The number of aryl methyl sites for hydroxylation is 1. The molecule has 0 bridgehead atoms. The van der Waals surface area contributed by atoms with Gasteiger partial charge in [0, 0.05) is 19.8 Å². The van der Waals surface area contributed by atoms with Crippen LogP contribution >= 0.6 is 0 Å². The molecule has 8 heteroatoms. The highest BCUT2D eigenvalue weighted by molar-refractivity contribution is 5.66. The number of rotatable bonds is 9. The first-order valence-electron chi connectivity index (χ1n) is 14.9. The summed E-state index contributed by atoms with van der Waals surface area (Å²) < 4.78 is 24.3. The number of carbonyl (C=O) groups is 1. The lowest BCUT2D eigenvalue weighted by atomic mass is 9.92. The maximum atomic E-state index is 11.8. The van der Waals surface area contributed by atoms with Gasteiger partial charge in [0.1, 0.15) is 6.10 Å². The summed E-state index contributed by atoms with van der Waals surface area (Å²) >= 11 is 0. The summed E-state index contributed by atoms with van der Waals surface area (Å²) in [6.07, 6.45) is 11.2. The number of ether oxygens (including phenoxy) is 4. The van der Waals surface area contributed by atoms with Crippen LogP contribution in [0.1, 0.15) is 101 Å². The van der Waals surface area contributed by atoms with Crippen molar-refractivity contribution >= 4 is 5.97 Å². The minimum absolute atomic E-state index is 0.0201. The molecule has 3 fully saturated rings. The van der Waals surface area contributed by atoms with E-state index in [1.165, 1.54) is 19.4 Å². The molecule has 0 radical (unpaired) electrons. The molecular formula is C32H42O8. The molecule has 2 aliphatic carbocycles. The van der Waals surface area contributed by atoms with E-state index in [0.717, 1.165) is 56.9 Å². The molecule has 1 heterocycles. The molecule has 2 saturated carbocycles. The maximum absolute atomic E-state index is 11.8. The first-order chi connectivity index (χ1) is 19.3. The van der Waals surface area contributed by atoms with Crippen LogP contribution < -0.4 is 9.47 Å². The van der Waals surface area contributed by atoms with Gasteiger partial charge in [0.15, 0.2) is 23.0 Å². The van der Waals surface area contributed by atoms with Crippen LogP contribution in [0, 0.1) is 0 Å². The summed E-state index contributed by atoms with van der Waals surface area (Å²) in [4.78, 5) is 11.8. The number of hydrogen-bond donors (Lipinski definition) is 3. The van der Waals surface area contributed by atoms with Crippen molar-refractivity contribution in [2.24, 2.45) is 0 Å². The number of phenols is 3. The molecule has 218 valence electrons. The monoisotopic (exact) mass is 554 g/mol. The molecule has 0 aromatic heterocycles.